The van der Waals surface area contributed by atoms with E-state index in [0.29, 0.717) is 12.3 Å². The number of carbonyl (C=O) groups is 1. The maximum atomic E-state index is 11.6. The van der Waals surface area contributed by atoms with Gasteiger partial charge in [-0.05, 0) is 31.5 Å². The third-order valence-corrected chi connectivity index (χ3v) is 2.49. The van der Waals surface area contributed by atoms with E-state index < -0.39 is 6.10 Å². The molecule has 1 rings (SSSR count). The monoisotopic (exact) mass is 248 g/mol. The number of benzene rings is 1. The summed E-state index contributed by atoms with van der Waals surface area (Å²) in [5, 5.41) is 2.68. The third-order valence-electron chi connectivity index (χ3n) is 2.49. The van der Waals surface area contributed by atoms with Gasteiger partial charge in [-0.2, -0.15) is 0 Å². The second-order valence-corrected chi connectivity index (χ2v) is 4.16. The molecule has 0 saturated carbocycles. The lowest BCUT2D eigenvalue weighted by atomic mass is 10.1. The highest BCUT2D eigenvalue weighted by Gasteiger charge is 2.13. The first kappa shape index (κ1) is 14.3. The molecule has 18 heavy (non-hydrogen) atoms. The number of hydrogen-bond donors (Lipinski definition) is 2. The van der Waals surface area contributed by atoms with E-state index in [2.05, 4.69) is 11.9 Å². The van der Waals surface area contributed by atoms with Crippen LogP contribution in [-0.4, -0.2) is 18.6 Å². The Labute approximate surface area is 108 Å². The number of nitrogens with one attached hydrogen (secondary N) is 1. The number of amides is 1. The van der Waals surface area contributed by atoms with Crippen molar-refractivity contribution in [1.29, 1.82) is 0 Å². The van der Waals surface area contributed by atoms with Crippen LogP contribution in [0.4, 0.5) is 0 Å². The fraction of sp³-hybridized carbons (Fsp3) is 0.357. The molecule has 0 saturated heterocycles. The normalized spacial score (nSPS) is 13.5. The topological polar surface area (TPSA) is 64.3 Å². The first-order valence-electron chi connectivity index (χ1n) is 5.95. The average Bonchev–Trinajstić information content (AvgIpc) is 2.36. The van der Waals surface area contributed by atoms with Crippen molar-refractivity contribution in [3.8, 4) is 5.75 Å². The van der Waals surface area contributed by atoms with Gasteiger partial charge in [-0.15, -0.1) is 6.58 Å². The molecule has 3 N–H and O–H groups in total. The molecular formula is C14H20N2O2. The molecule has 2 atom stereocenters. The summed E-state index contributed by atoms with van der Waals surface area (Å²) >= 11 is 0. The van der Waals surface area contributed by atoms with Crippen molar-refractivity contribution in [2.45, 2.75) is 26.0 Å². The van der Waals surface area contributed by atoms with E-state index in [4.69, 9.17) is 10.5 Å². The van der Waals surface area contributed by atoms with E-state index in [1.165, 1.54) is 0 Å². The molecular weight excluding hydrogens is 228 g/mol. The zero-order chi connectivity index (χ0) is 13.5. The Morgan fingerprint density at radius 1 is 1.56 bits per heavy atom. The van der Waals surface area contributed by atoms with Crippen molar-refractivity contribution in [2.75, 3.05) is 6.54 Å². The minimum atomic E-state index is -0.548. The van der Waals surface area contributed by atoms with Crippen molar-refractivity contribution >= 4 is 5.91 Å². The van der Waals surface area contributed by atoms with E-state index in [-0.39, 0.29) is 11.9 Å². The largest absolute Gasteiger partial charge is 0.481 e. The Morgan fingerprint density at radius 3 is 2.89 bits per heavy atom. The predicted octanol–water partition coefficient (Wildman–Crippen LogP) is 1.78. The SMILES string of the molecule is C=CCNC(=O)C(C)Oc1cccc(C(C)N)c1. The predicted molar refractivity (Wildman–Crippen MR) is 72.3 cm³/mol. The minimum absolute atomic E-state index is 0.0570. The molecule has 1 aromatic carbocycles. The lowest BCUT2D eigenvalue weighted by molar-refractivity contribution is -0.127. The summed E-state index contributed by atoms with van der Waals surface area (Å²) in [5.74, 6) is 0.479. The Kier molecular flexibility index (Phi) is 5.39. The van der Waals surface area contributed by atoms with Gasteiger partial charge in [0.2, 0.25) is 0 Å². The Balaban J connectivity index is 2.63. The minimum Gasteiger partial charge on any atom is -0.481 e. The van der Waals surface area contributed by atoms with Crippen LogP contribution in [0.5, 0.6) is 5.75 Å². The van der Waals surface area contributed by atoms with Crippen LogP contribution in [0, 0.1) is 0 Å². The molecule has 2 unspecified atom stereocenters. The summed E-state index contributed by atoms with van der Waals surface area (Å²) < 4.78 is 5.56. The van der Waals surface area contributed by atoms with Crippen molar-refractivity contribution in [3.05, 3.63) is 42.5 Å². The fourth-order valence-corrected chi connectivity index (χ4v) is 1.45. The number of hydrogen-bond acceptors (Lipinski definition) is 3. The first-order valence-corrected chi connectivity index (χ1v) is 5.95. The standard InChI is InChI=1S/C14H20N2O2/c1-4-8-16-14(17)11(3)18-13-7-5-6-12(9-13)10(2)15/h4-7,9-11H,1,8,15H2,2-3H3,(H,16,17). The number of ether oxygens (including phenoxy) is 1. The highest BCUT2D eigenvalue weighted by molar-refractivity contribution is 5.80. The lowest BCUT2D eigenvalue weighted by Gasteiger charge is -2.15. The second kappa shape index (κ2) is 6.81. The summed E-state index contributed by atoms with van der Waals surface area (Å²) in [6.07, 6.45) is 1.08. The Bertz CT molecular complexity index is 416. The van der Waals surface area contributed by atoms with Crippen LogP contribution in [0.25, 0.3) is 0 Å². The van der Waals surface area contributed by atoms with Gasteiger partial charge < -0.3 is 15.8 Å². The van der Waals surface area contributed by atoms with Gasteiger partial charge in [0.25, 0.3) is 5.91 Å². The quantitative estimate of drug-likeness (QED) is 0.754. The summed E-state index contributed by atoms with van der Waals surface area (Å²) in [5.41, 5.74) is 6.77. The fourth-order valence-electron chi connectivity index (χ4n) is 1.45. The molecule has 0 aliphatic heterocycles. The van der Waals surface area contributed by atoms with Crippen LogP contribution in [0.2, 0.25) is 0 Å². The van der Waals surface area contributed by atoms with Gasteiger partial charge in [-0.3, -0.25) is 4.79 Å². The molecule has 0 bridgehead atoms. The van der Waals surface area contributed by atoms with Gasteiger partial charge in [-0.1, -0.05) is 18.2 Å². The molecule has 0 aromatic heterocycles. The summed E-state index contributed by atoms with van der Waals surface area (Å²) in [6, 6.07) is 7.39. The molecule has 1 amide bonds. The van der Waals surface area contributed by atoms with Crippen LogP contribution in [0.15, 0.2) is 36.9 Å². The molecule has 0 aliphatic carbocycles. The van der Waals surface area contributed by atoms with E-state index in [0.717, 1.165) is 5.56 Å². The van der Waals surface area contributed by atoms with Gasteiger partial charge in [0, 0.05) is 12.6 Å². The van der Waals surface area contributed by atoms with Gasteiger partial charge in [0.05, 0.1) is 0 Å². The average molecular weight is 248 g/mol. The summed E-state index contributed by atoms with van der Waals surface area (Å²) in [6.45, 7) is 7.58. The number of carbonyl (C=O) groups excluding carboxylic acids is 1. The maximum Gasteiger partial charge on any atom is 0.261 e. The molecule has 1 aromatic rings. The number of rotatable bonds is 6. The van der Waals surface area contributed by atoms with Crippen molar-refractivity contribution in [3.63, 3.8) is 0 Å². The van der Waals surface area contributed by atoms with E-state index in [1.54, 1.807) is 13.0 Å². The van der Waals surface area contributed by atoms with E-state index >= 15 is 0 Å². The molecule has 0 aliphatic rings. The van der Waals surface area contributed by atoms with Gasteiger partial charge >= 0.3 is 0 Å². The van der Waals surface area contributed by atoms with E-state index in [9.17, 15) is 4.79 Å². The van der Waals surface area contributed by atoms with Crippen LogP contribution in [-0.2, 0) is 4.79 Å². The zero-order valence-electron chi connectivity index (χ0n) is 10.8. The highest BCUT2D eigenvalue weighted by Crippen LogP contribution is 2.18. The van der Waals surface area contributed by atoms with Crippen LogP contribution in [0.3, 0.4) is 0 Å². The number of nitrogens with two attached hydrogens (primary N) is 1. The molecule has 0 radical (unpaired) electrons. The molecule has 0 spiro atoms. The van der Waals surface area contributed by atoms with Crippen LogP contribution >= 0.6 is 0 Å². The van der Waals surface area contributed by atoms with Crippen molar-refractivity contribution in [1.82, 2.24) is 5.32 Å². The van der Waals surface area contributed by atoms with Crippen molar-refractivity contribution < 1.29 is 9.53 Å². The highest BCUT2D eigenvalue weighted by atomic mass is 16.5. The third kappa shape index (κ3) is 4.22. The van der Waals surface area contributed by atoms with Gasteiger partial charge in [0.15, 0.2) is 6.10 Å². The van der Waals surface area contributed by atoms with E-state index in [1.807, 2.05) is 31.2 Å². The molecule has 4 heteroatoms. The molecule has 0 heterocycles. The van der Waals surface area contributed by atoms with Crippen LogP contribution in [0.1, 0.15) is 25.5 Å². The van der Waals surface area contributed by atoms with Crippen molar-refractivity contribution in [2.24, 2.45) is 5.73 Å². The zero-order valence-corrected chi connectivity index (χ0v) is 10.8. The molecule has 98 valence electrons. The Hall–Kier alpha value is -1.81. The summed E-state index contributed by atoms with van der Waals surface area (Å²) in [7, 11) is 0. The van der Waals surface area contributed by atoms with Gasteiger partial charge in [0.1, 0.15) is 5.75 Å². The Morgan fingerprint density at radius 2 is 2.28 bits per heavy atom. The summed E-state index contributed by atoms with van der Waals surface area (Å²) in [4.78, 5) is 11.6. The molecule has 4 nitrogen and oxygen atoms in total. The van der Waals surface area contributed by atoms with Gasteiger partial charge in [-0.25, -0.2) is 0 Å². The molecule has 0 fully saturated rings. The lowest BCUT2D eigenvalue weighted by Crippen LogP contribution is -2.36. The smallest absolute Gasteiger partial charge is 0.261 e. The van der Waals surface area contributed by atoms with Crippen LogP contribution < -0.4 is 15.8 Å². The first-order chi connectivity index (χ1) is 8.54. The maximum absolute atomic E-state index is 11.6. The second-order valence-electron chi connectivity index (χ2n) is 4.16.